The van der Waals surface area contributed by atoms with E-state index in [1.807, 2.05) is 13.0 Å². The van der Waals surface area contributed by atoms with Crippen LogP contribution < -0.4 is 5.32 Å². The second-order valence-corrected chi connectivity index (χ2v) is 4.41. The van der Waals surface area contributed by atoms with Gasteiger partial charge >= 0.3 is 0 Å². The summed E-state index contributed by atoms with van der Waals surface area (Å²) < 4.78 is 38.9. The predicted molar refractivity (Wildman–Crippen MR) is 68.0 cm³/mol. The van der Waals surface area contributed by atoms with Crippen molar-refractivity contribution in [3.05, 3.63) is 71.0 Å². The first kappa shape index (κ1) is 13.6. The highest BCUT2D eigenvalue weighted by molar-refractivity contribution is 5.21. The van der Waals surface area contributed by atoms with Gasteiger partial charge in [-0.3, -0.25) is 0 Å². The highest BCUT2D eigenvalue weighted by Crippen LogP contribution is 2.15. The average molecular weight is 265 g/mol. The van der Waals surface area contributed by atoms with Crippen molar-refractivity contribution in [1.82, 2.24) is 5.32 Å². The third-order valence-corrected chi connectivity index (χ3v) is 2.95. The molecule has 0 aliphatic rings. The van der Waals surface area contributed by atoms with Crippen molar-refractivity contribution in [2.24, 2.45) is 0 Å². The fraction of sp³-hybridized carbons (Fsp3) is 0.200. The Bertz CT molecular complexity index is 569. The summed E-state index contributed by atoms with van der Waals surface area (Å²) in [6, 6.07) is 9.97. The molecule has 0 heterocycles. The molecule has 0 unspecified atom stereocenters. The predicted octanol–water partition coefficient (Wildman–Crippen LogP) is 3.95. The summed E-state index contributed by atoms with van der Waals surface area (Å²) in [4.78, 5) is 0. The molecule has 100 valence electrons. The van der Waals surface area contributed by atoms with E-state index in [1.54, 1.807) is 6.07 Å². The smallest absolute Gasteiger partial charge is 0.159 e. The monoisotopic (exact) mass is 265 g/mol. The van der Waals surface area contributed by atoms with Crippen LogP contribution in [0.2, 0.25) is 0 Å². The Balaban J connectivity index is 2.00. The number of hydrogen-bond donors (Lipinski definition) is 1. The molecule has 0 saturated carbocycles. The minimum Gasteiger partial charge on any atom is -0.306 e. The Hall–Kier alpha value is -1.81. The Labute approximate surface area is 110 Å². The highest BCUT2D eigenvalue weighted by Gasteiger charge is 2.07. The lowest BCUT2D eigenvalue weighted by Crippen LogP contribution is -2.18. The minimum atomic E-state index is -0.863. The molecular formula is C15H14F3N. The van der Waals surface area contributed by atoms with Crippen LogP contribution in [0.25, 0.3) is 0 Å². The van der Waals surface area contributed by atoms with Crippen LogP contribution in [0.1, 0.15) is 24.1 Å². The molecule has 4 heteroatoms. The summed E-state index contributed by atoms with van der Waals surface area (Å²) in [7, 11) is 0. The van der Waals surface area contributed by atoms with Gasteiger partial charge in [0.25, 0.3) is 0 Å². The van der Waals surface area contributed by atoms with E-state index in [2.05, 4.69) is 5.32 Å². The van der Waals surface area contributed by atoms with Crippen LogP contribution in [0.3, 0.4) is 0 Å². The van der Waals surface area contributed by atoms with Gasteiger partial charge in [0.2, 0.25) is 0 Å². The van der Waals surface area contributed by atoms with Gasteiger partial charge in [-0.05, 0) is 42.3 Å². The number of benzene rings is 2. The van der Waals surface area contributed by atoms with Crippen molar-refractivity contribution in [3.63, 3.8) is 0 Å². The van der Waals surface area contributed by atoms with E-state index in [4.69, 9.17) is 0 Å². The van der Waals surface area contributed by atoms with Gasteiger partial charge < -0.3 is 5.32 Å². The molecule has 2 rings (SSSR count). The van der Waals surface area contributed by atoms with E-state index in [9.17, 15) is 13.2 Å². The zero-order chi connectivity index (χ0) is 13.8. The number of nitrogens with one attached hydrogen (secondary N) is 1. The van der Waals surface area contributed by atoms with Crippen LogP contribution in [0.4, 0.5) is 13.2 Å². The van der Waals surface area contributed by atoms with E-state index >= 15 is 0 Å². The highest BCUT2D eigenvalue weighted by atomic mass is 19.2. The topological polar surface area (TPSA) is 12.0 Å². The second-order valence-electron chi connectivity index (χ2n) is 4.41. The molecule has 0 bridgehead atoms. The van der Waals surface area contributed by atoms with Crippen molar-refractivity contribution >= 4 is 0 Å². The molecule has 1 N–H and O–H groups in total. The first-order valence-electron chi connectivity index (χ1n) is 5.99. The van der Waals surface area contributed by atoms with Crippen LogP contribution in [0, 0.1) is 17.5 Å². The van der Waals surface area contributed by atoms with Crippen LogP contribution in [0.15, 0.2) is 42.5 Å². The molecule has 2 aromatic carbocycles. The van der Waals surface area contributed by atoms with Gasteiger partial charge in [0, 0.05) is 12.6 Å². The van der Waals surface area contributed by atoms with Crippen LogP contribution in [-0.4, -0.2) is 0 Å². The second kappa shape index (κ2) is 5.89. The molecule has 1 nitrogen and oxygen atoms in total. The maximum Gasteiger partial charge on any atom is 0.159 e. The van der Waals surface area contributed by atoms with Gasteiger partial charge in [-0.15, -0.1) is 0 Å². The van der Waals surface area contributed by atoms with E-state index in [0.29, 0.717) is 12.1 Å². The normalized spacial score (nSPS) is 12.4. The van der Waals surface area contributed by atoms with Gasteiger partial charge in [-0.25, -0.2) is 13.2 Å². The zero-order valence-electron chi connectivity index (χ0n) is 10.5. The molecule has 0 aromatic heterocycles. The van der Waals surface area contributed by atoms with E-state index in [-0.39, 0.29) is 11.9 Å². The first-order valence-corrected chi connectivity index (χ1v) is 5.99. The molecule has 1 atom stereocenters. The van der Waals surface area contributed by atoms with Gasteiger partial charge in [0.1, 0.15) is 5.82 Å². The summed E-state index contributed by atoms with van der Waals surface area (Å²) in [6.45, 7) is 2.27. The number of hydrogen-bond acceptors (Lipinski definition) is 1. The Morgan fingerprint density at radius 3 is 2.47 bits per heavy atom. The van der Waals surface area contributed by atoms with Gasteiger partial charge in [0.15, 0.2) is 11.6 Å². The summed E-state index contributed by atoms with van der Waals surface area (Å²) >= 11 is 0. The SMILES string of the molecule is C[C@H](NCc1ccc(F)c(F)c1)c1cccc(F)c1. The lowest BCUT2D eigenvalue weighted by Gasteiger charge is -2.14. The maximum atomic E-state index is 13.1. The van der Waals surface area contributed by atoms with Gasteiger partial charge in [0.05, 0.1) is 0 Å². The summed E-state index contributed by atoms with van der Waals surface area (Å²) in [5.74, 6) is -2.02. The Kier molecular flexibility index (Phi) is 4.22. The van der Waals surface area contributed by atoms with Crippen LogP contribution in [-0.2, 0) is 6.54 Å². The lowest BCUT2D eigenvalue weighted by atomic mass is 10.1. The lowest BCUT2D eigenvalue weighted by molar-refractivity contribution is 0.503. The van der Waals surface area contributed by atoms with Gasteiger partial charge in [-0.1, -0.05) is 18.2 Å². The van der Waals surface area contributed by atoms with E-state index < -0.39 is 11.6 Å². The zero-order valence-corrected chi connectivity index (χ0v) is 10.5. The quantitative estimate of drug-likeness (QED) is 0.882. The minimum absolute atomic E-state index is 0.0798. The molecule has 2 aromatic rings. The third-order valence-electron chi connectivity index (χ3n) is 2.95. The Morgan fingerprint density at radius 2 is 1.79 bits per heavy atom. The van der Waals surface area contributed by atoms with Crippen molar-refractivity contribution in [3.8, 4) is 0 Å². The third kappa shape index (κ3) is 3.58. The van der Waals surface area contributed by atoms with Crippen molar-refractivity contribution in [1.29, 1.82) is 0 Å². The molecule has 0 aliphatic heterocycles. The van der Waals surface area contributed by atoms with E-state index in [0.717, 1.165) is 17.7 Å². The molecule has 19 heavy (non-hydrogen) atoms. The summed E-state index contributed by atoms with van der Waals surface area (Å²) in [5.41, 5.74) is 1.45. The maximum absolute atomic E-state index is 13.1. The molecule has 0 fully saturated rings. The van der Waals surface area contributed by atoms with Crippen molar-refractivity contribution in [2.45, 2.75) is 19.5 Å². The fourth-order valence-electron chi connectivity index (χ4n) is 1.81. The summed E-state index contributed by atoms with van der Waals surface area (Å²) in [5, 5.41) is 3.13. The standard InChI is InChI=1S/C15H14F3N/c1-10(12-3-2-4-13(16)8-12)19-9-11-5-6-14(17)15(18)7-11/h2-8,10,19H,9H2,1H3/t10-/m0/s1. The molecule has 0 spiro atoms. The van der Waals surface area contributed by atoms with Crippen LogP contribution in [0.5, 0.6) is 0 Å². The number of rotatable bonds is 4. The largest absolute Gasteiger partial charge is 0.306 e. The van der Waals surface area contributed by atoms with Crippen molar-refractivity contribution < 1.29 is 13.2 Å². The molecular weight excluding hydrogens is 251 g/mol. The van der Waals surface area contributed by atoms with Crippen LogP contribution >= 0.6 is 0 Å². The fourth-order valence-corrected chi connectivity index (χ4v) is 1.81. The van der Waals surface area contributed by atoms with Crippen molar-refractivity contribution in [2.75, 3.05) is 0 Å². The van der Waals surface area contributed by atoms with Gasteiger partial charge in [-0.2, -0.15) is 0 Å². The van der Waals surface area contributed by atoms with E-state index in [1.165, 1.54) is 18.2 Å². The molecule has 0 amide bonds. The molecule has 0 saturated heterocycles. The molecule has 0 aliphatic carbocycles. The first-order chi connectivity index (χ1) is 9.06. The summed E-state index contributed by atoms with van der Waals surface area (Å²) in [6.07, 6.45) is 0. The number of halogens is 3. The molecule has 0 radical (unpaired) electrons. The average Bonchev–Trinajstić information content (AvgIpc) is 2.40. The Morgan fingerprint density at radius 1 is 1.00 bits per heavy atom.